The minimum Gasteiger partial charge on any atom is -0.370 e. The summed E-state index contributed by atoms with van der Waals surface area (Å²) in [4.78, 5) is 18.6. The molecule has 0 aliphatic carbocycles. The molecule has 1 amide bonds. The summed E-state index contributed by atoms with van der Waals surface area (Å²) in [6.45, 7) is 4.05. The van der Waals surface area contributed by atoms with E-state index >= 15 is 0 Å². The summed E-state index contributed by atoms with van der Waals surface area (Å²) in [7, 11) is 0. The van der Waals surface area contributed by atoms with E-state index < -0.39 is 23.2 Å². The van der Waals surface area contributed by atoms with E-state index in [1.54, 1.807) is 12.3 Å². The number of halogens is 2. The minimum absolute atomic E-state index is 0.272. The molecule has 0 atom stereocenters. The second kappa shape index (κ2) is 6.95. The van der Waals surface area contributed by atoms with Crippen molar-refractivity contribution in [2.75, 3.05) is 23.3 Å². The number of carbonyl (C=O) groups excluding carboxylic acids is 1. The number of pyridine rings is 1. The molecule has 2 heterocycles. The molecule has 1 aromatic heterocycles. The molecule has 6 heteroatoms. The fourth-order valence-corrected chi connectivity index (χ4v) is 2.79. The van der Waals surface area contributed by atoms with Crippen LogP contribution in [0.4, 0.5) is 20.2 Å². The monoisotopic (exact) mass is 331 g/mol. The van der Waals surface area contributed by atoms with Crippen LogP contribution in [0.15, 0.2) is 36.7 Å². The van der Waals surface area contributed by atoms with Crippen molar-refractivity contribution >= 4 is 17.3 Å². The molecule has 24 heavy (non-hydrogen) atoms. The molecule has 0 spiro atoms. The average molecular weight is 331 g/mol. The summed E-state index contributed by atoms with van der Waals surface area (Å²) in [6, 6.07) is 5.15. The highest BCUT2D eigenvalue weighted by molar-refractivity contribution is 6.04. The van der Waals surface area contributed by atoms with E-state index in [4.69, 9.17) is 0 Å². The number of benzene rings is 1. The first-order valence-electron chi connectivity index (χ1n) is 8.00. The van der Waals surface area contributed by atoms with Gasteiger partial charge in [0, 0.05) is 19.3 Å². The maximum atomic E-state index is 13.7. The van der Waals surface area contributed by atoms with Crippen molar-refractivity contribution in [3.05, 3.63) is 53.9 Å². The quantitative estimate of drug-likeness (QED) is 0.929. The van der Waals surface area contributed by atoms with Crippen LogP contribution in [0.5, 0.6) is 0 Å². The number of hydrogen-bond donors (Lipinski definition) is 1. The van der Waals surface area contributed by atoms with Crippen LogP contribution in [-0.4, -0.2) is 24.0 Å². The summed E-state index contributed by atoms with van der Waals surface area (Å²) in [6.07, 6.45) is 5.29. The molecule has 4 nitrogen and oxygen atoms in total. The fraction of sp³-hybridized carbons (Fsp3) is 0.333. The van der Waals surface area contributed by atoms with Crippen molar-refractivity contribution < 1.29 is 13.6 Å². The zero-order valence-corrected chi connectivity index (χ0v) is 13.4. The van der Waals surface area contributed by atoms with Gasteiger partial charge in [0.25, 0.3) is 5.91 Å². The first-order valence-corrected chi connectivity index (χ1v) is 8.00. The highest BCUT2D eigenvalue weighted by Crippen LogP contribution is 2.24. The van der Waals surface area contributed by atoms with Crippen LogP contribution < -0.4 is 10.2 Å². The van der Waals surface area contributed by atoms with Crippen molar-refractivity contribution in [2.45, 2.75) is 19.8 Å². The predicted octanol–water partition coefficient (Wildman–Crippen LogP) is 3.85. The first kappa shape index (κ1) is 16.4. The molecule has 0 radical (unpaired) electrons. The average Bonchev–Trinajstić information content (AvgIpc) is 2.59. The van der Waals surface area contributed by atoms with E-state index in [1.165, 1.54) is 12.3 Å². The standard InChI is InChI=1S/C18H19F2N3O/c1-12-5-7-23(8-6-12)14-9-13(10-21-11-14)18(24)22-17-15(19)3-2-4-16(17)20/h2-4,9-12H,5-8H2,1H3,(H,22,24). The molecule has 1 fully saturated rings. The zero-order chi connectivity index (χ0) is 17.1. The number of rotatable bonds is 3. The molecule has 0 bridgehead atoms. The van der Waals surface area contributed by atoms with Crippen LogP contribution in [0.3, 0.4) is 0 Å². The molecule has 0 saturated carbocycles. The van der Waals surface area contributed by atoms with E-state index in [9.17, 15) is 13.6 Å². The second-order valence-corrected chi connectivity index (χ2v) is 6.15. The minimum atomic E-state index is -0.808. The van der Waals surface area contributed by atoms with Gasteiger partial charge in [-0.2, -0.15) is 0 Å². The van der Waals surface area contributed by atoms with Crippen molar-refractivity contribution in [3.63, 3.8) is 0 Å². The molecule has 1 aliphatic rings. The van der Waals surface area contributed by atoms with Gasteiger partial charge in [0.1, 0.15) is 17.3 Å². The Bertz CT molecular complexity index is 723. The Morgan fingerprint density at radius 3 is 2.54 bits per heavy atom. The Kier molecular flexibility index (Phi) is 4.74. The van der Waals surface area contributed by atoms with E-state index in [1.807, 2.05) is 0 Å². The molecule has 126 valence electrons. The van der Waals surface area contributed by atoms with Crippen LogP contribution in [0, 0.1) is 17.6 Å². The lowest BCUT2D eigenvalue weighted by Crippen LogP contribution is -2.33. The second-order valence-electron chi connectivity index (χ2n) is 6.15. The van der Waals surface area contributed by atoms with Crippen LogP contribution in [-0.2, 0) is 0 Å². The van der Waals surface area contributed by atoms with E-state index in [0.29, 0.717) is 5.92 Å². The third-order valence-electron chi connectivity index (χ3n) is 4.34. The van der Waals surface area contributed by atoms with E-state index in [0.717, 1.165) is 43.8 Å². The fourth-order valence-electron chi connectivity index (χ4n) is 2.79. The number of anilines is 2. The Hall–Kier alpha value is -2.50. The first-order chi connectivity index (χ1) is 11.5. The van der Waals surface area contributed by atoms with Crippen molar-refractivity contribution in [2.24, 2.45) is 5.92 Å². The van der Waals surface area contributed by atoms with Gasteiger partial charge in [-0.3, -0.25) is 9.78 Å². The Morgan fingerprint density at radius 2 is 1.88 bits per heavy atom. The van der Waals surface area contributed by atoms with Crippen LogP contribution in [0.2, 0.25) is 0 Å². The molecular weight excluding hydrogens is 312 g/mol. The number of para-hydroxylation sites is 1. The van der Waals surface area contributed by atoms with Crippen LogP contribution in [0.25, 0.3) is 0 Å². The SMILES string of the molecule is CC1CCN(c2cncc(C(=O)Nc3c(F)cccc3F)c2)CC1. The lowest BCUT2D eigenvalue weighted by molar-refractivity contribution is 0.102. The normalized spacial score (nSPS) is 15.4. The summed E-state index contributed by atoms with van der Waals surface area (Å²) in [5.41, 5.74) is 0.678. The summed E-state index contributed by atoms with van der Waals surface area (Å²) < 4.78 is 27.3. The summed E-state index contributed by atoms with van der Waals surface area (Å²) >= 11 is 0. The third kappa shape index (κ3) is 3.53. The van der Waals surface area contributed by atoms with Gasteiger partial charge in [-0.05, 0) is 37.0 Å². The Balaban J connectivity index is 1.77. The smallest absolute Gasteiger partial charge is 0.257 e. The largest absolute Gasteiger partial charge is 0.370 e. The maximum Gasteiger partial charge on any atom is 0.257 e. The maximum absolute atomic E-state index is 13.7. The molecule has 1 N–H and O–H groups in total. The summed E-state index contributed by atoms with van der Waals surface area (Å²) in [5.74, 6) is -1.50. The number of amides is 1. The van der Waals surface area contributed by atoms with Gasteiger partial charge in [-0.1, -0.05) is 13.0 Å². The van der Waals surface area contributed by atoms with Gasteiger partial charge in [0.15, 0.2) is 0 Å². The Labute approximate surface area is 139 Å². The molecule has 0 unspecified atom stereocenters. The molecule has 2 aromatic rings. The van der Waals surface area contributed by atoms with Crippen LogP contribution in [0.1, 0.15) is 30.1 Å². The van der Waals surface area contributed by atoms with Crippen LogP contribution >= 0.6 is 0 Å². The van der Waals surface area contributed by atoms with Gasteiger partial charge in [-0.25, -0.2) is 8.78 Å². The molecule has 1 saturated heterocycles. The Morgan fingerprint density at radius 1 is 1.21 bits per heavy atom. The number of carbonyl (C=O) groups is 1. The highest BCUT2D eigenvalue weighted by Gasteiger charge is 2.18. The number of hydrogen-bond acceptors (Lipinski definition) is 3. The topological polar surface area (TPSA) is 45.2 Å². The lowest BCUT2D eigenvalue weighted by Gasteiger charge is -2.32. The molecule has 3 rings (SSSR count). The number of nitrogens with one attached hydrogen (secondary N) is 1. The van der Waals surface area contributed by atoms with Crippen molar-refractivity contribution in [1.82, 2.24) is 4.98 Å². The summed E-state index contributed by atoms with van der Waals surface area (Å²) in [5, 5.41) is 2.28. The number of piperidine rings is 1. The van der Waals surface area contributed by atoms with Gasteiger partial charge >= 0.3 is 0 Å². The van der Waals surface area contributed by atoms with Crippen molar-refractivity contribution in [3.8, 4) is 0 Å². The zero-order valence-electron chi connectivity index (χ0n) is 13.4. The van der Waals surface area contributed by atoms with Gasteiger partial charge in [0.05, 0.1) is 17.4 Å². The van der Waals surface area contributed by atoms with E-state index in [-0.39, 0.29) is 5.56 Å². The number of nitrogens with zero attached hydrogens (tertiary/aromatic N) is 2. The lowest BCUT2D eigenvalue weighted by atomic mass is 9.99. The van der Waals surface area contributed by atoms with Gasteiger partial charge in [0.2, 0.25) is 0 Å². The molecule has 1 aliphatic heterocycles. The van der Waals surface area contributed by atoms with E-state index in [2.05, 4.69) is 22.1 Å². The van der Waals surface area contributed by atoms with Crippen molar-refractivity contribution in [1.29, 1.82) is 0 Å². The molecule has 1 aromatic carbocycles. The van der Waals surface area contributed by atoms with Gasteiger partial charge in [-0.15, -0.1) is 0 Å². The van der Waals surface area contributed by atoms with Gasteiger partial charge < -0.3 is 10.2 Å². The third-order valence-corrected chi connectivity index (χ3v) is 4.34. The highest BCUT2D eigenvalue weighted by atomic mass is 19.1. The number of aromatic nitrogens is 1. The molecular formula is C18H19F2N3O. The predicted molar refractivity (Wildman–Crippen MR) is 89.2 cm³/mol.